The summed E-state index contributed by atoms with van der Waals surface area (Å²) < 4.78 is 0. The van der Waals surface area contributed by atoms with Crippen molar-refractivity contribution in [3.05, 3.63) is 19.1 Å². The van der Waals surface area contributed by atoms with Crippen LogP contribution in [0.5, 0.6) is 0 Å². The Morgan fingerprint density at radius 1 is 1.30 bits per heavy atom. The van der Waals surface area contributed by atoms with Crippen LogP contribution in [0.3, 0.4) is 0 Å². The predicted octanol–water partition coefficient (Wildman–Crippen LogP) is 3.45. The van der Waals surface area contributed by atoms with Crippen molar-refractivity contribution in [1.29, 1.82) is 0 Å². The molecule has 0 nitrogen and oxygen atoms in total. The molecule has 0 N–H and O–H groups in total. The topological polar surface area (TPSA) is 0 Å². The number of allylic oxidation sites excluding steroid dienone is 1. The van der Waals surface area contributed by atoms with E-state index < -0.39 is 0 Å². The van der Waals surface area contributed by atoms with E-state index in [9.17, 15) is 0 Å². The van der Waals surface area contributed by atoms with Gasteiger partial charge in [0.1, 0.15) is 0 Å². The van der Waals surface area contributed by atoms with Gasteiger partial charge < -0.3 is 0 Å². The van der Waals surface area contributed by atoms with E-state index in [1.165, 1.54) is 12.8 Å². The largest absolute Gasteiger partial charge is 0.103 e. The average Bonchev–Trinajstić information content (AvgIpc) is 1.87. The SMILES string of the molecule is C=CC(C)CC[CH]C(C)C. The fourth-order valence-corrected chi connectivity index (χ4v) is 0.810. The fourth-order valence-electron chi connectivity index (χ4n) is 0.810. The van der Waals surface area contributed by atoms with Gasteiger partial charge in [-0.15, -0.1) is 6.58 Å². The summed E-state index contributed by atoms with van der Waals surface area (Å²) in [6.07, 6.45) is 6.86. The molecule has 0 rings (SSSR count). The van der Waals surface area contributed by atoms with Gasteiger partial charge in [-0.1, -0.05) is 26.8 Å². The molecule has 0 aromatic rings. The zero-order chi connectivity index (χ0) is 7.98. The average molecular weight is 139 g/mol. The number of hydrogen-bond acceptors (Lipinski definition) is 0. The van der Waals surface area contributed by atoms with Gasteiger partial charge in [0.2, 0.25) is 0 Å². The number of hydrogen-bond donors (Lipinski definition) is 0. The van der Waals surface area contributed by atoms with Crippen LogP contribution in [0, 0.1) is 18.3 Å². The van der Waals surface area contributed by atoms with E-state index in [1.54, 1.807) is 0 Å². The first kappa shape index (κ1) is 9.74. The Morgan fingerprint density at radius 2 is 1.90 bits per heavy atom. The Kier molecular flexibility index (Phi) is 5.38. The Bertz CT molecular complexity index is 82.0. The predicted molar refractivity (Wildman–Crippen MR) is 47.7 cm³/mol. The van der Waals surface area contributed by atoms with Crippen molar-refractivity contribution in [3.8, 4) is 0 Å². The summed E-state index contributed by atoms with van der Waals surface area (Å²) in [5.41, 5.74) is 0. The van der Waals surface area contributed by atoms with Crippen molar-refractivity contribution < 1.29 is 0 Å². The van der Waals surface area contributed by atoms with E-state index in [0.717, 1.165) is 5.92 Å². The molecule has 0 saturated carbocycles. The first-order valence-electron chi connectivity index (χ1n) is 4.12. The van der Waals surface area contributed by atoms with E-state index >= 15 is 0 Å². The fraction of sp³-hybridized carbons (Fsp3) is 0.700. The molecule has 0 aliphatic rings. The second-order valence-corrected chi connectivity index (χ2v) is 3.27. The van der Waals surface area contributed by atoms with Crippen LogP contribution in [0.4, 0.5) is 0 Å². The minimum Gasteiger partial charge on any atom is -0.103 e. The lowest BCUT2D eigenvalue weighted by Gasteiger charge is -2.06. The maximum atomic E-state index is 3.74. The zero-order valence-corrected chi connectivity index (χ0v) is 7.43. The van der Waals surface area contributed by atoms with Crippen LogP contribution in [0.2, 0.25) is 0 Å². The molecule has 59 valence electrons. The molecule has 0 fully saturated rings. The maximum Gasteiger partial charge on any atom is -0.0265 e. The Labute approximate surface area is 65.3 Å². The first-order valence-corrected chi connectivity index (χ1v) is 4.12. The second kappa shape index (κ2) is 5.52. The molecule has 1 unspecified atom stereocenters. The van der Waals surface area contributed by atoms with Crippen molar-refractivity contribution in [2.75, 3.05) is 0 Å². The van der Waals surface area contributed by atoms with Crippen LogP contribution in [0.15, 0.2) is 12.7 Å². The van der Waals surface area contributed by atoms with Crippen molar-refractivity contribution in [2.24, 2.45) is 11.8 Å². The normalized spacial score (nSPS) is 13.6. The molecular formula is C10H19. The monoisotopic (exact) mass is 139 g/mol. The van der Waals surface area contributed by atoms with E-state index in [-0.39, 0.29) is 0 Å². The van der Waals surface area contributed by atoms with Crippen molar-refractivity contribution in [2.45, 2.75) is 33.6 Å². The van der Waals surface area contributed by atoms with Gasteiger partial charge in [0.25, 0.3) is 0 Å². The molecule has 0 amide bonds. The van der Waals surface area contributed by atoms with Gasteiger partial charge in [0, 0.05) is 0 Å². The molecule has 10 heavy (non-hydrogen) atoms. The standard InChI is InChI=1S/C10H19/c1-5-10(4)8-6-7-9(2)3/h5,7,9-10H,1,6,8H2,2-4H3. The lowest BCUT2D eigenvalue weighted by molar-refractivity contribution is 0.598. The highest BCUT2D eigenvalue weighted by atomic mass is 14.0. The third kappa shape index (κ3) is 5.87. The third-order valence-electron chi connectivity index (χ3n) is 1.66. The van der Waals surface area contributed by atoms with Crippen molar-refractivity contribution in [3.63, 3.8) is 0 Å². The van der Waals surface area contributed by atoms with Crippen LogP contribution in [-0.4, -0.2) is 0 Å². The zero-order valence-electron chi connectivity index (χ0n) is 7.43. The van der Waals surface area contributed by atoms with Crippen LogP contribution >= 0.6 is 0 Å². The van der Waals surface area contributed by atoms with Crippen LogP contribution in [-0.2, 0) is 0 Å². The molecular weight excluding hydrogens is 120 g/mol. The lowest BCUT2D eigenvalue weighted by atomic mass is 10.00. The minimum absolute atomic E-state index is 0.676. The van der Waals surface area contributed by atoms with E-state index in [0.29, 0.717) is 5.92 Å². The van der Waals surface area contributed by atoms with Gasteiger partial charge in [-0.25, -0.2) is 0 Å². The Hall–Kier alpha value is -0.260. The molecule has 0 aliphatic carbocycles. The second-order valence-electron chi connectivity index (χ2n) is 3.27. The van der Waals surface area contributed by atoms with E-state index in [2.05, 4.69) is 33.8 Å². The summed E-state index contributed by atoms with van der Waals surface area (Å²) in [7, 11) is 0. The summed E-state index contributed by atoms with van der Waals surface area (Å²) >= 11 is 0. The molecule has 0 spiro atoms. The van der Waals surface area contributed by atoms with E-state index in [1.807, 2.05) is 6.08 Å². The Balaban J connectivity index is 3.11. The van der Waals surface area contributed by atoms with Gasteiger partial charge >= 0.3 is 0 Å². The quantitative estimate of drug-likeness (QED) is 0.512. The van der Waals surface area contributed by atoms with Crippen molar-refractivity contribution >= 4 is 0 Å². The maximum absolute atomic E-state index is 3.74. The third-order valence-corrected chi connectivity index (χ3v) is 1.66. The summed E-state index contributed by atoms with van der Waals surface area (Å²) in [6, 6.07) is 0. The molecule has 0 aromatic heterocycles. The molecule has 0 aliphatic heterocycles. The molecule has 1 radical (unpaired) electrons. The smallest absolute Gasteiger partial charge is 0.0265 e. The summed E-state index contributed by atoms with van der Waals surface area (Å²) in [5.74, 6) is 1.41. The highest BCUT2D eigenvalue weighted by Gasteiger charge is 1.97. The number of rotatable bonds is 5. The molecule has 0 heterocycles. The van der Waals surface area contributed by atoms with Gasteiger partial charge in [-0.2, -0.15) is 0 Å². The van der Waals surface area contributed by atoms with Crippen LogP contribution < -0.4 is 0 Å². The molecule has 0 bridgehead atoms. The lowest BCUT2D eigenvalue weighted by Crippen LogP contribution is -1.93. The molecule has 0 heteroatoms. The summed E-state index contributed by atoms with van der Waals surface area (Å²) in [4.78, 5) is 0. The van der Waals surface area contributed by atoms with Crippen molar-refractivity contribution in [1.82, 2.24) is 0 Å². The molecule has 1 atom stereocenters. The first-order chi connectivity index (χ1) is 4.66. The van der Waals surface area contributed by atoms with Gasteiger partial charge in [0.05, 0.1) is 0 Å². The highest BCUT2D eigenvalue weighted by Crippen LogP contribution is 2.11. The Morgan fingerprint density at radius 3 is 2.30 bits per heavy atom. The molecule has 0 aromatic carbocycles. The van der Waals surface area contributed by atoms with Gasteiger partial charge in [0.15, 0.2) is 0 Å². The van der Waals surface area contributed by atoms with Crippen LogP contribution in [0.1, 0.15) is 33.6 Å². The molecule has 0 saturated heterocycles. The van der Waals surface area contributed by atoms with Gasteiger partial charge in [-0.3, -0.25) is 0 Å². The van der Waals surface area contributed by atoms with Gasteiger partial charge in [-0.05, 0) is 31.1 Å². The summed E-state index contributed by atoms with van der Waals surface area (Å²) in [5, 5.41) is 0. The highest BCUT2D eigenvalue weighted by molar-refractivity contribution is 4.78. The summed E-state index contributed by atoms with van der Waals surface area (Å²) in [6.45, 7) is 10.4. The van der Waals surface area contributed by atoms with E-state index in [4.69, 9.17) is 0 Å². The minimum atomic E-state index is 0.676. The van der Waals surface area contributed by atoms with Crippen LogP contribution in [0.25, 0.3) is 0 Å².